The smallest absolute Gasteiger partial charge is 0.278 e. The predicted molar refractivity (Wildman–Crippen MR) is 68.5 cm³/mol. The van der Waals surface area contributed by atoms with Gasteiger partial charge in [0.1, 0.15) is 12.4 Å². The molecule has 1 aliphatic rings. The SMILES string of the molecule is Cc1nnc(CN2OCc3ccccc3C2=O)c(=O)[nH]1. The van der Waals surface area contributed by atoms with Crippen molar-refractivity contribution in [3.05, 3.63) is 57.3 Å². The normalized spacial score (nSPS) is 14.2. The van der Waals surface area contributed by atoms with Crippen molar-refractivity contribution in [3.63, 3.8) is 0 Å². The average Bonchev–Trinajstić information content (AvgIpc) is 2.45. The minimum atomic E-state index is -0.368. The summed E-state index contributed by atoms with van der Waals surface area (Å²) in [4.78, 5) is 31.9. The lowest BCUT2D eigenvalue weighted by Crippen LogP contribution is -2.37. The highest BCUT2D eigenvalue weighted by molar-refractivity contribution is 5.95. The summed E-state index contributed by atoms with van der Waals surface area (Å²) >= 11 is 0. The molecule has 20 heavy (non-hydrogen) atoms. The van der Waals surface area contributed by atoms with Gasteiger partial charge in [-0.3, -0.25) is 14.4 Å². The van der Waals surface area contributed by atoms with E-state index in [4.69, 9.17) is 4.84 Å². The maximum atomic E-state index is 12.2. The van der Waals surface area contributed by atoms with E-state index in [-0.39, 0.29) is 23.7 Å². The monoisotopic (exact) mass is 272 g/mol. The number of carbonyl (C=O) groups is 1. The third kappa shape index (κ3) is 2.19. The summed E-state index contributed by atoms with van der Waals surface area (Å²) in [5.74, 6) is 0.142. The molecule has 0 saturated carbocycles. The molecule has 0 saturated heterocycles. The molecule has 2 heterocycles. The Morgan fingerprint density at radius 1 is 1.30 bits per heavy atom. The zero-order chi connectivity index (χ0) is 14.1. The lowest BCUT2D eigenvalue weighted by Gasteiger charge is -2.26. The van der Waals surface area contributed by atoms with E-state index in [0.717, 1.165) is 10.6 Å². The van der Waals surface area contributed by atoms with Gasteiger partial charge in [-0.1, -0.05) is 18.2 Å². The van der Waals surface area contributed by atoms with Gasteiger partial charge in [0.2, 0.25) is 0 Å². The molecule has 1 amide bonds. The summed E-state index contributed by atoms with van der Waals surface area (Å²) < 4.78 is 0. The first-order valence-electron chi connectivity index (χ1n) is 6.10. The topological polar surface area (TPSA) is 88.2 Å². The van der Waals surface area contributed by atoms with Gasteiger partial charge in [0, 0.05) is 5.56 Å². The Hall–Kier alpha value is -2.54. The molecule has 7 nitrogen and oxygen atoms in total. The van der Waals surface area contributed by atoms with Gasteiger partial charge in [0.05, 0.1) is 6.54 Å². The Bertz CT molecular complexity index is 726. The van der Waals surface area contributed by atoms with Crippen molar-refractivity contribution in [1.82, 2.24) is 20.2 Å². The first-order chi connectivity index (χ1) is 9.65. The fourth-order valence-corrected chi connectivity index (χ4v) is 1.99. The molecule has 7 heteroatoms. The highest BCUT2D eigenvalue weighted by atomic mass is 16.7. The number of carbonyl (C=O) groups excluding carboxylic acids is 1. The van der Waals surface area contributed by atoms with E-state index in [1.54, 1.807) is 19.1 Å². The van der Waals surface area contributed by atoms with Crippen molar-refractivity contribution in [1.29, 1.82) is 0 Å². The first kappa shape index (κ1) is 12.5. The second kappa shape index (κ2) is 4.86. The average molecular weight is 272 g/mol. The molecule has 2 aromatic rings. The molecule has 0 radical (unpaired) electrons. The van der Waals surface area contributed by atoms with Gasteiger partial charge in [0.25, 0.3) is 11.5 Å². The van der Waals surface area contributed by atoms with E-state index in [1.807, 2.05) is 12.1 Å². The Kier molecular flexibility index (Phi) is 3.03. The standard InChI is InChI=1S/C13H12N4O3/c1-8-14-12(18)11(16-15-8)6-17-13(19)10-5-3-2-4-9(10)7-20-17/h2-5H,6-7H2,1H3,(H,14,15,18). The third-order valence-corrected chi connectivity index (χ3v) is 3.02. The maximum Gasteiger partial charge on any atom is 0.278 e. The van der Waals surface area contributed by atoms with Gasteiger partial charge >= 0.3 is 0 Å². The minimum absolute atomic E-state index is 0.0320. The van der Waals surface area contributed by atoms with Crippen LogP contribution >= 0.6 is 0 Å². The van der Waals surface area contributed by atoms with Crippen LogP contribution in [-0.2, 0) is 18.0 Å². The molecule has 0 spiro atoms. The summed E-state index contributed by atoms with van der Waals surface area (Å²) in [5.41, 5.74) is 1.18. The second-order valence-electron chi connectivity index (χ2n) is 4.46. The van der Waals surface area contributed by atoms with Gasteiger partial charge in [-0.15, -0.1) is 10.2 Å². The fraction of sp³-hybridized carbons (Fsp3) is 0.231. The highest BCUT2D eigenvalue weighted by Crippen LogP contribution is 2.20. The van der Waals surface area contributed by atoms with Gasteiger partial charge in [-0.25, -0.2) is 5.06 Å². The summed E-state index contributed by atoms with van der Waals surface area (Å²) in [7, 11) is 0. The molecule has 1 aromatic carbocycles. The van der Waals surface area contributed by atoms with Crippen LogP contribution in [0.4, 0.5) is 0 Å². The Labute approximate surface area is 114 Å². The number of benzene rings is 1. The number of fused-ring (bicyclic) bond motifs is 1. The van der Waals surface area contributed by atoms with E-state index in [1.165, 1.54) is 0 Å². The largest absolute Gasteiger partial charge is 0.308 e. The predicted octanol–water partition coefficient (Wildman–Crippen LogP) is 0.561. The van der Waals surface area contributed by atoms with Gasteiger partial charge in [0.15, 0.2) is 5.69 Å². The number of aromatic amines is 1. The van der Waals surface area contributed by atoms with Gasteiger partial charge in [-0.2, -0.15) is 0 Å². The number of aryl methyl sites for hydroxylation is 1. The number of aromatic nitrogens is 3. The lowest BCUT2D eigenvalue weighted by molar-refractivity contribution is -0.147. The summed E-state index contributed by atoms with van der Waals surface area (Å²) in [6, 6.07) is 7.21. The van der Waals surface area contributed by atoms with Crippen molar-refractivity contribution in [3.8, 4) is 0 Å². The van der Waals surface area contributed by atoms with Crippen LogP contribution in [0.25, 0.3) is 0 Å². The number of H-pyrrole nitrogens is 1. The lowest BCUT2D eigenvalue weighted by atomic mass is 10.1. The molecule has 0 bridgehead atoms. The molecule has 0 atom stereocenters. The molecule has 1 aromatic heterocycles. The van der Waals surface area contributed by atoms with Crippen molar-refractivity contribution < 1.29 is 9.63 Å². The van der Waals surface area contributed by atoms with E-state index in [2.05, 4.69) is 15.2 Å². The van der Waals surface area contributed by atoms with Crippen molar-refractivity contribution in [2.45, 2.75) is 20.1 Å². The van der Waals surface area contributed by atoms with Crippen molar-refractivity contribution >= 4 is 5.91 Å². The van der Waals surface area contributed by atoms with Crippen LogP contribution < -0.4 is 5.56 Å². The second-order valence-corrected chi connectivity index (χ2v) is 4.46. The Morgan fingerprint density at radius 2 is 2.10 bits per heavy atom. The summed E-state index contributed by atoms with van der Waals surface area (Å²) in [5, 5.41) is 8.71. The van der Waals surface area contributed by atoms with Crippen LogP contribution in [0.15, 0.2) is 29.1 Å². The minimum Gasteiger partial charge on any atom is -0.308 e. The highest BCUT2D eigenvalue weighted by Gasteiger charge is 2.26. The van der Waals surface area contributed by atoms with Crippen LogP contribution in [0.1, 0.15) is 27.4 Å². The van der Waals surface area contributed by atoms with Crippen LogP contribution in [0, 0.1) is 6.92 Å². The van der Waals surface area contributed by atoms with Crippen molar-refractivity contribution in [2.24, 2.45) is 0 Å². The van der Waals surface area contributed by atoms with E-state index in [0.29, 0.717) is 18.0 Å². The summed E-state index contributed by atoms with van der Waals surface area (Å²) in [6.07, 6.45) is 0. The van der Waals surface area contributed by atoms with E-state index < -0.39 is 0 Å². The number of hydrogen-bond acceptors (Lipinski definition) is 5. The Balaban J connectivity index is 1.86. The molecular weight excluding hydrogens is 260 g/mol. The van der Waals surface area contributed by atoms with Crippen LogP contribution in [0.2, 0.25) is 0 Å². The molecular formula is C13H12N4O3. The first-order valence-corrected chi connectivity index (χ1v) is 6.10. The maximum absolute atomic E-state index is 12.2. The van der Waals surface area contributed by atoms with Crippen LogP contribution in [-0.4, -0.2) is 26.2 Å². The zero-order valence-corrected chi connectivity index (χ0v) is 10.8. The van der Waals surface area contributed by atoms with E-state index in [9.17, 15) is 9.59 Å². The van der Waals surface area contributed by atoms with Crippen LogP contribution in [0.5, 0.6) is 0 Å². The van der Waals surface area contributed by atoms with E-state index >= 15 is 0 Å². The number of amides is 1. The van der Waals surface area contributed by atoms with Gasteiger partial charge in [-0.05, 0) is 18.6 Å². The number of hydrogen-bond donors (Lipinski definition) is 1. The third-order valence-electron chi connectivity index (χ3n) is 3.02. The zero-order valence-electron chi connectivity index (χ0n) is 10.8. The molecule has 0 unspecified atom stereocenters. The quantitative estimate of drug-likeness (QED) is 0.863. The fourth-order valence-electron chi connectivity index (χ4n) is 1.99. The number of nitrogens with zero attached hydrogens (tertiary/aromatic N) is 3. The number of nitrogens with one attached hydrogen (secondary N) is 1. The van der Waals surface area contributed by atoms with Crippen LogP contribution in [0.3, 0.4) is 0 Å². The number of rotatable bonds is 2. The molecule has 0 fully saturated rings. The molecule has 102 valence electrons. The van der Waals surface area contributed by atoms with Crippen molar-refractivity contribution in [2.75, 3.05) is 0 Å². The molecule has 3 rings (SSSR count). The summed E-state index contributed by atoms with van der Waals surface area (Å²) in [6.45, 7) is 1.89. The Morgan fingerprint density at radius 3 is 2.90 bits per heavy atom. The number of hydroxylamine groups is 2. The molecule has 0 aliphatic carbocycles. The molecule has 1 N–H and O–H groups in total. The van der Waals surface area contributed by atoms with Gasteiger partial charge < -0.3 is 4.98 Å². The molecule has 1 aliphatic heterocycles.